The molecular formula is C46H39F3. The molecule has 0 atom stereocenters. The van der Waals surface area contributed by atoms with Crippen LogP contribution in [-0.2, 0) is 17.0 Å². The fourth-order valence-electron chi connectivity index (χ4n) is 8.57. The van der Waals surface area contributed by atoms with Crippen molar-refractivity contribution in [3.8, 4) is 55.6 Å². The number of fused-ring (bicyclic) bond motifs is 6. The van der Waals surface area contributed by atoms with Crippen molar-refractivity contribution >= 4 is 0 Å². The second kappa shape index (κ2) is 10.6. The Kier molecular flexibility index (Phi) is 6.76. The smallest absolute Gasteiger partial charge is 0.166 e. The van der Waals surface area contributed by atoms with Gasteiger partial charge in [0.15, 0.2) is 0 Å². The molecule has 0 aliphatic heterocycles. The predicted molar refractivity (Wildman–Crippen MR) is 197 cm³/mol. The molecule has 0 aromatic heterocycles. The first-order valence-electron chi connectivity index (χ1n) is 17.0. The first-order chi connectivity index (χ1) is 23.2. The van der Waals surface area contributed by atoms with Crippen molar-refractivity contribution in [2.45, 2.75) is 65.5 Å². The number of halogens is 3. The van der Waals surface area contributed by atoms with Gasteiger partial charge in [-0.05, 0) is 146 Å². The predicted octanol–water partition coefficient (Wildman–Crippen LogP) is 13.2. The van der Waals surface area contributed by atoms with Crippen molar-refractivity contribution in [1.82, 2.24) is 0 Å². The number of hydrogen-bond donors (Lipinski definition) is 0. The molecule has 0 saturated carbocycles. The third-order valence-corrected chi connectivity index (χ3v) is 11.3. The second-order valence-electron chi connectivity index (χ2n) is 15.1. The van der Waals surface area contributed by atoms with Crippen molar-refractivity contribution < 1.29 is 13.2 Å². The van der Waals surface area contributed by atoms with Gasteiger partial charge in [0, 0.05) is 10.8 Å². The standard InChI is InChI=1S/C46H39F3/c1-26-12-8-9-13-31(26)29-16-18-33-37-20-27(2)35(24-42(37)44(4,5)40(33)22-29)36-25-43-38(21-28(36)3)34-19-17-30(23-41(34)45(43,6)7)32-14-10-11-15-39(32)46(47,48)49/h8-25H,1-7H3. The van der Waals surface area contributed by atoms with E-state index < -0.39 is 11.7 Å². The van der Waals surface area contributed by atoms with Gasteiger partial charge in [-0.1, -0.05) is 107 Å². The van der Waals surface area contributed by atoms with Crippen LogP contribution in [0.2, 0.25) is 0 Å². The van der Waals surface area contributed by atoms with Gasteiger partial charge >= 0.3 is 6.18 Å². The molecule has 0 amide bonds. The zero-order valence-corrected chi connectivity index (χ0v) is 29.0. The minimum Gasteiger partial charge on any atom is -0.166 e. The van der Waals surface area contributed by atoms with Crippen molar-refractivity contribution in [2.24, 2.45) is 0 Å². The summed E-state index contributed by atoms with van der Waals surface area (Å²) in [7, 11) is 0. The summed E-state index contributed by atoms with van der Waals surface area (Å²) in [6, 6.07) is 36.6. The van der Waals surface area contributed by atoms with Crippen molar-refractivity contribution in [2.75, 3.05) is 0 Å². The van der Waals surface area contributed by atoms with Gasteiger partial charge in [-0.2, -0.15) is 13.2 Å². The van der Waals surface area contributed by atoms with E-state index in [9.17, 15) is 13.2 Å². The molecule has 0 saturated heterocycles. The largest absolute Gasteiger partial charge is 0.417 e. The summed E-state index contributed by atoms with van der Waals surface area (Å²) in [6.45, 7) is 15.6. The molecule has 0 unspecified atom stereocenters. The average Bonchev–Trinajstić information content (AvgIpc) is 3.41. The molecule has 2 aliphatic carbocycles. The van der Waals surface area contributed by atoms with Gasteiger partial charge < -0.3 is 0 Å². The Hall–Kier alpha value is -4.89. The third kappa shape index (κ3) is 4.65. The van der Waals surface area contributed by atoms with E-state index in [0.29, 0.717) is 5.56 Å². The normalized spacial score (nSPS) is 15.1. The Morgan fingerprint density at radius 1 is 0.388 bits per heavy atom. The van der Waals surface area contributed by atoms with E-state index in [-0.39, 0.29) is 16.4 Å². The van der Waals surface area contributed by atoms with E-state index >= 15 is 0 Å². The molecule has 0 bridgehead atoms. The minimum absolute atomic E-state index is 0.172. The highest BCUT2D eigenvalue weighted by atomic mass is 19.4. The van der Waals surface area contributed by atoms with Gasteiger partial charge in [0.1, 0.15) is 0 Å². The monoisotopic (exact) mass is 648 g/mol. The first-order valence-corrected chi connectivity index (χ1v) is 17.0. The lowest BCUT2D eigenvalue weighted by atomic mass is 9.78. The maximum absolute atomic E-state index is 14.0. The van der Waals surface area contributed by atoms with E-state index in [2.05, 4.69) is 115 Å². The highest BCUT2D eigenvalue weighted by Crippen LogP contribution is 2.54. The Balaban J connectivity index is 1.22. The molecule has 0 fully saturated rings. The summed E-state index contributed by atoms with van der Waals surface area (Å²) in [5.41, 5.74) is 18.1. The van der Waals surface area contributed by atoms with Gasteiger partial charge in [0.05, 0.1) is 5.56 Å². The number of rotatable bonds is 3. The maximum Gasteiger partial charge on any atom is 0.417 e. The number of alkyl halides is 3. The fraction of sp³-hybridized carbons (Fsp3) is 0.217. The molecule has 49 heavy (non-hydrogen) atoms. The van der Waals surface area contributed by atoms with Crippen LogP contribution in [0.5, 0.6) is 0 Å². The fourth-order valence-corrected chi connectivity index (χ4v) is 8.57. The molecule has 6 aromatic rings. The quantitative estimate of drug-likeness (QED) is 0.179. The van der Waals surface area contributed by atoms with Crippen LogP contribution in [0.3, 0.4) is 0 Å². The molecule has 0 N–H and O–H groups in total. The molecule has 8 rings (SSSR count). The van der Waals surface area contributed by atoms with Crippen LogP contribution in [0.1, 0.15) is 72.2 Å². The van der Waals surface area contributed by atoms with Gasteiger partial charge in [-0.3, -0.25) is 0 Å². The first kappa shape index (κ1) is 31.4. The van der Waals surface area contributed by atoms with Crippen molar-refractivity contribution in [1.29, 1.82) is 0 Å². The van der Waals surface area contributed by atoms with Crippen LogP contribution >= 0.6 is 0 Å². The van der Waals surface area contributed by atoms with E-state index in [1.165, 1.54) is 78.9 Å². The zero-order valence-electron chi connectivity index (χ0n) is 29.0. The average molecular weight is 649 g/mol. The number of aryl methyl sites for hydroxylation is 3. The van der Waals surface area contributed by atoms with Crippen LogP contribution < -0.4 is 0 Å². The highest BCUT2D eigenvalue weighted by molar-refractivity contribution is 5.90. The zero-order chi connectivity index (χ0) is 34.6. The molecular weight excluding hydrogens is 610 g/mol. The van der Waals surface area contributed by atoms with Crippen molar-refractivity contribution in [3.05, 3.63) is 154 Å². The summed E-state index contributed by atoms with van der Waals surface area (Å²) in [4.78, 5) is 0. The molecule has 0 spiro atoms. The van der Waals surface area contributed by atoms with Gasteiger partial charge in [-0.15, -0.1) is 0 Å². The lowest BCUT2D eigenvalue weighted by Gasteiger charge is -2.25. The third-order valence-electron chi connectivity index (χ3n) is 11.3. The molecule has 0 radical (unpaired) electrons. The SMILES string of the molecule is Cc1ccccc1-c1ccc2c(c1)C(C)(C)c1cc(-c3cc4c(cc3C)-c3ccc(-c5ccccc5C(F)(F)F)cc3C4(C)C)c(C)cc1-2. The Bertz CT molecular complexity index is 2350. The van der Waals surface area contributed by atoms with Gasteiger partial charge in [0.25, 0.3) is 0 Å². The minimum atomic E-state index is -4.42. The van der Waals surface area contributed by atoms with E-state index in [1.54, 1.807) is 12.1 Å². The van der Waals surface area contributed by atoms with Crippen LogP contribution in [0.15, 0.2) is 109 Å². The Labute approximate surface area is 287 Å². The maximum atomic E-state index is 14.0. The van der Waals surface area contributed by atoms with Gasteiger partial charge in [0.2, 0.25) is 0 Å². The molecule has 3 heteroatoms. The summed E-state index contributed by atoms with van der Waals surface area (Å²) in [5.74, 6) is 0. The lowest BCUT2D eigenvalue weighted by molar-refractivity contribution is -0.137. The van der Waals surface area contributed by atoms with Crippen LogP contribution in [-0.4, -0.2) is 0 Å². The second-order valence-corrected chi connectivity index (χ2v) is 15.1. The molecule has 0 heterocycles. The van der Waals surface area contributed by atoms with Crippen LogP contribution in [0.25, 0.3) is 55.6 Å². The highest BCUT2D eigenvalue weighted by Gasteiger charge is 2.39. The Morgan fingerprint density at radius 3 is 1.31 bits per heavy atom. The topological polar surface area (TPSA) is 0 Å². The molecule has 6 aromatic carbocycles. The molecule has 244 valence electrons. The van der Waals surface area contributed by atoms with Gasteiger partial charge in [-0.25, -0.2) is 0 Å². The van der Waals surface area contributed by atoms with Crippen molar-refractivity contribution in [3.63, 3.8) is 0 Å². The summed E-state index contributed by atoms with van der Waals surface area (Å²) in [5, 5.41) is 0. The van der Waals surface area contributed by atoms with E-state index in [0.717, 1.165) is 16.7 Å². The van der Waals surface area contributed by atoms with Crippen LogP contribution in [0, 0.1) is 20.8 Å². The van der Waals surface area contributed by atoms with E-state index in [1.807, 2.05) is 18.2 Å². The molecule has 0 nitrogen and oxygen atoms in total. The van der Waals surface area contributed by atoms with Crippen LogP contribution in [0.4, 0.5) is 13.2 Å². The molecule has 2 aliphatic rings. The lowest BCUT2D eigenvalue weighted by Crippen LogP contribution is -2.16. The number of hydrogen-bond acceptors (Lipinski definition) is 0. The number of benzene rings is 6. The Morgan fingerprint density at radius 2 is 0.816 bits per heavy atom. The summed E-state index contributed by atoms with van der Waals surface area (Å²) in [6.07, 6.45) is -4.42. The van der Waals surface area contributed by atoms with E-state index in [4.69, 9.17) is 0 Å². The summed E-state index contributed by atoms with van der Waals surface area (Å²) < 4.78 is 41.9. The summed E-state index contributed by atoms with van der Waals surface area (Å²) >= 11 is 0.